The summed E-state index contributed by atoms with van der Waals surface area (Å²) >= 11 is 0. The summed E-state index contributed by atoms with van der Waals surface area (Å²) in [7, 11) is 0. The van der Waals surface area contributed by atoms with Gasteiger partial charge in [-0.3, -0.25) is 4.79 Å². The number of carbonyl (C=O) groups is 1. The number of carbonyl (C=O) groups excluding carboxylic acids is 1. The van der Waals surface area contributed by atoms with Crippen LogP contribution in [0.2, 0.25) is 0 Å². The lowest BCUT2D eigenvalue weighted by Gasteiger charge is -2.28. The third-order valence-electron chi connectivity index (χ3n) is 4.96. The molecule has 1 unspecified atom stereocenters. The summed E-state index contributed by atoms with van der Waals surface area (Å²) in [5, 5.41) is 3.42. The predicted molar refractivity (Wildman–Crippen MR) is 115 cm³/mol. The van der Waals surface area contributed by atoms with Crippen molar-refractivity contribution in [2.24, 2.45) is 0 Å². The zero-order valence-corrected chi connectivity index (χ0v) is 16.8. The summed E-state index contributed by atoms with van der Waals surface area (Å²) in [4.78, 5) is 34.6. The third kappa shape index (κ3) is 4.10. The van der Waals surface area contributed by atoms with Crippen molar-refractivity contribution in [1.82, 2.24) is 14.9 Å². The van der Waals surface area contributed by atoms with Crippen LogP contribution in [0.25, 0.3) is 10.9 Å². The molecule has 2 aromatic carbocycles. The monoisotopic (exact) mass is 402 g/mol. The van der Waals surface area contributed by atoms with Crippen molar-refractivity contribution < 1.29 is 9.21 Å². The van der Waals surface area contributed by atoms with E-state index in [-0.39, 0.29) is 18.1 Å². The number of H-pyrrole nitrogens is 1. The van der Waals surface area contributed by atoms with Crippen LogP contribution < -0.4 is 10.9 Å². The summed E-state index contributed by atoms with van der Waals surface area (Å²) in [5.74, 6) is 1.04. The Bertz CT molecular complexity index is 1210. The number of anilines is 1. The van der Waals surface area contributed by atoms with Crippen molar-refractivity contribution in [2.45, 2.75) is 26.4 Å². The van der Waals surface area contributed by atoms with Gasteiger partial charge in [0.2, 0.25) is 0 Å². The minimum absolute atomic E-state index is 0.225. The number of aromatic nitrogens is 2. The van der Waals surface area contributed by atoms with E-state index in [1.165, 1.54) is 0 Å². The molecule has 0 bridgehead atoms. The number of benzene rings is 2. The molecule has 7 heteroatoms. The van der Waals surface area contributed by atoms with Crippen molar-refractivity contribution in [3.05, 3.63) is 94.4 Å². The quantitative estimate of drug-likeness (QED) is 0.510. The van der Waals surface area contributed by atoms with Crippen LogP contribution in [0, 0.1) is 6.92 Å². The molecule has 0 aliphatic rings. The maximum absolute atomic E-state index is 13.1. The molecule has 152 valence electrons. The fourth-order valence-corrected chi connectivity index (χ4v) is 3.24. The molecule has 1 atom stereocenters. The Labute approximate surface area is 173 Å². The van der Waals surface area contributed by atoms with E-state index < -0.39 is 6.04 Å². The summed E-state index contributed by atoms with van der Waals surface area (Å²) in [6, 6.07) is 17.4. The largest absolute Gasteiger partial charge is 0.467 e. The van der Waals surface area contributed by atoms with Crippen LogP contribution in [-0.4, -0.2) is 20.9 Å². The first kappa shape index (κ1) is 19.4. The summed E-state index contributed by atoms with van der Waals surface area (Å²) < 4.78 is 5.45. The minimum atomic E-state index is -0.502. The normalized spacial score (nSPS) is 11.9. The number of hydrogen-bond donors (Lipinski definition) is 2. The van der Waals surface area contributed by atoms with Gasteiger partial charge >= 0.3 is 6.03 Å². The highest BCUT2D eigenvalue weighted by Gasteiger charge is 2.25. The van der Waals surface area contributed by atoms with Gasteiger partial charge in [0, 0.05) is 5.69 Å². The lowest BCUT2D eigenvalue weighted by atomic mass is 10.2. The number of rotatable bonds is 5. The molecule has 0 saturated heterocycles. The first-order valence-corrected chi connectivity index (χ1v) is 9.67. The van der Waals surface area contributed by atoms with Crippen LogP contribution in [0.3, 0.4) is 0 Å². The zero-order valence-electron chi connectivity index (χ0n) is 16.8. The lowest BCUT2D eigenvalue weighted by Crippen LogP contribution is -2.37. The summed E-state index contributed by atoms with van der Waals surface area (Å²) in [6.45, 7) is 4.03. The molecule has 0 aliphatic carbocycles. The first-order valence-electron chi connectivity index (χ1n) is 9.67. The van der Waals surface area contributed by atoms with Crippen molar-refractivity contribution in [2.75, 3.05) is 5.32 Å². The van der Waals surface area contributed by atoms with E-state index in [4.69, 9.17) is 4.42 Å². The van der Waals surface area contributed by atoms with E-state index >= 15 is 0 Å². The Morgan fingerprint density at radius 2 is 1.90 bits per heavy atom. The number of nitrogens with one attached hydrogen (secondary N) is 2. The van der Waals surface area contributed by atoms with E-state index in [0.717, 1.165) is 5.56 Å². The van der Waals surface area contributed by atoms with Crippen LogP contribution in [0.4, 0.5) is 10.5 Å². The minimum Gasteiger partial charge on any atom is -0.467 e. The zero-order chi connectivity index (χ0) is 21.1. The highest BCUT2D eigenvalue weighted by molar-refractivity contribution is 5.89. The molecule has 7 nitrogen and oxygen atoms in total. The topological polar surface area (TPSA) is 91.2 Å². The molecule has 0 radical (unpaired) electrons. The van der Waals surface area contributed by atoms with Gasteiger partial charge in [-0.1, -0.05) is 29.8 Å². The Hall–Kier alpha value is -3.87. The van der Waals surface area contributed by atoms with Gasteiger partial charge in [0.25, 0.3) is 5.56 Å². The molecule has 0 spiro atoms. The van der Waals surface area contributed by atoms with Gasteiger partial charge in [-0.15, -0.1) is 0 Å². The second-order valence-electron chi connectivity index (χ2n) is 7.15. The molecular formula is C23H22N4O3. The van der Waals surface area contributed by atoms with Gasteiger partial charge in [-0.2, -0.15) is 0 Å². The van der Waals surface area contributed by atoms with Crippen LogP contribution in [0.15, 0.2) is 76.1 Å². The number of urea groups is 1. The number of nitrogens with zero attached hydrogens (tertiary/aromatic N) is 2. The molecule has 2 heterocycles. The highest BCUT2D eigenvalue weighted by Crippen LogP contribution is 2.22. The van der Waals surface area contributed by atoms with Gasteiger partial charge in [-0.05, 0) is 50.2 Å². The Morgan fingerprint density at radius 3 is 2.63 bits per heavy atom. The molecule has 4 rings (SSSR count). The van der Waals surface area contributed by atoms with Crippen molar-refractivity contribution in [1.29, 1.82) is 0 Å². The number of aromatic amines is 1. The van der Waals surface area contributed by atoms with E-state index in [9.17, 15) is 9.59 Å². The fourth-order valence-electron chi connectivity index (χ4n) is 3.24. The molecule has 2 aromatic heterocycles. The van der Waals surface area contributed by atoms with Crippen LogP contribution in [0.1, 0.15) is 30.1 Å². The van der Waals surface area contributed by atoms with Crippen molar-refractivity contribution >= 4 is 22.6 Å². The molecule has 2 N–H and O–H groups in total. The van der Waals surface area contributed by atoms with E-state index in [1.54, 1.807) is 41.5 Å². The molecule has 4 aromatic rings. The van der Waals surface area contributed by atoms with E-state index in [2.05, 4.69) is 15.3 Å². The highest BCUT2D eigenvalue weighted by atomic mass is 16.3. The van der Waals surface area contributed by atoms with Crippen molar-refractivity contribution in [3.8, 4) is 0 Å². The summed E-state index contributed by atoms with van der Waals surface area (Å²) in [5.41, 5.74) is 2.13. The Morgan fingerprint density at radius 1 is 1.13 bits per heavy atom. The smallest absolute Gasteiger partial charge is 0.322 e. The second-order valence-corrected chi connectivity index (χ2v) is 7.15. The average Bonchev–Trinajstić information content (AvgIpc) is 3.26. The molecule has 0 saturated carbocycles. The van der Waals surface area contributed by atoms with Crippen LogP contribution in [-0.2, 0) is 6.54 Å². The number of hydrogen-bond acceptors (Lipinski definition) is 4. The second kappa shape index (κ2) is 8.24. The number of amides is 2. The number of para-hydroxylation sites is 1. The van der Waals surface area contributed by atoms with E-state index in [1.807, 2.05) is 44.2 Å². The average molecular weight is 402 g/mol. The standard InChI is InChI=1S/C23H22N4O3/c1-15-9-11-17(12-10-15)24-23(29)27(14-18-6-5-13-30-18)16(2)21-25-20-8-4-3-7-19(20)22(28)26-21/h3-13,16H,14H2,1-2H3,(H,24,29)(H,25,26,28). The van der Waals surface area contributed by atoms with Gasteiger partial charge in [0.15, 0.2) is 0 Å². The molecule has 30 heavy (non-hydrogen) atoms. The van der Waals surface area contributed by atoms with Crippen LogP contribution in [0.5, 0.6) is 0 Å². The third-order valence-corrected chi connectivity index (χ3v) is 4.96. The molecule has 0 aliphatic heterocycles. The number of aryl methyl sites for hydroxylation is 1. The molecular weight excluding hydrogens is 380 g/mol. The maximum Gasteiger partial charge on any atom is 0.322 e. The molecule has 2 amide bonds. The van der Waals surface area contributed by atoms with E-state index in [0.29, 0.717) is 28.2 Å². The summed E-state index contributed by atoms with van der Waals surface area (Å²) in [6.07, 6.45) is 1.56. The maximum atomic E-state index is 13.1. The number of furan rings is 1. The lowest BCUT2D eigenvalue weighted by molar-refractivity contribution is 0.180. The predicted octanol–water partition coefficient (Wildman–Crippen LogP) is 4.62. The van der Waals surface area contributed by atoms with Gasteiger partial charge in [0.05, 0.1) is 29.8 Å². The van der Waals surface area contributed by atoms with Crippen LogP contribution >= 0.6 is 0 Å². The fraction of sp³-hybridized carbons (Fsp3) is 0.174. The Balaban J connectivity index is 1.67. The first-order chi connectivity index (χ1) is 14.5. The van der Waals surface area contributed by atoms with Gasteiger partial charge in [-0.25, -0.2) is 9.78 Å². The molecule has 0 fully saturated rings. The Kier molecular flexibility index (Phi) is 5.34. The van der Waals surface area contributed by atoms with Gasteiger partial charge in [0.1, 0.15) is 11.6 Å². The van der Waals surface area contributed by atoms with Crippen molar-refractivity contribution in [3.63, 3.8) is 0 Å². The van der Waals surface area contributed by atoms with Gasteiger partial charge < -0.3 is 19.6 Å². The number of fused-ring (bicyclic) bond motifs is 1. The SMILES string of the molecule is Cc1ccc(NC(=O)N(Cc2ccco2)C(C)c2nc3ccccc3c(=O)[nH]2)cc1.